The first kappa shape index (κ1) is 24.4. The van der Waals surface area contributed by atoms with Crippen LogP contribution < -0.4 is 0 Å². The minimum Gasteiger partial charge on any atom is -0.441 e. The van der Waals surface area contributed by atoms with Gasteiger partial charge >= 0.3 is 6.09 Å². The van der Waals surface area contributed by atoms with Crippen LogP contribution in [-0.4, -0.2) is 31.8 Å². The lowest BCUT2D eigenvalue weighted by Crippen LogP contribution is -2.49. The second kappa shape index (κ2) is 10.5. The van der Waals surface area contributed by atoms with Gasteiger partial charge < -0.3 is 4.74 Å². The van der Waals surface area contributed by atoms with Gasteiger partial charge in [0.05, 0.1) is 6.61 Å². The molecule has 0 aromatic carbocycles. The zero-order valence-corrected chi connectivity index (χ0v) is 19.0. The van der Waals surface area contributed by atoms with E-state index in [0.717, 1.165) is 18.1 Å². The largest absolute Gasteiger partial charge is 0.459 e. The van der Waals surface area contributed by atoms with Crippen LogP contribution in [-0.2, 0) is 14.1 Å². The molecule has 5 nitrogen and oxygen atoms in total. The smallest absolute Gasteiger partial charge is 0.441 e. The normalized spacial score (nSPS) is 13.0. The molecule has 1 amide bonds. The van der Waals surface area contributed by atoms with Crippen LogP contribution in [0.4, 0.5) is 4.79 Å². The number of ether oxygens (including phenoxy) is 1. The Morgan fingerprint density at radius 1 is 0.920 bits per heavy atom. The van der Waals surface area contributed by atoms with E-state index in [9.17, 15) is 4.79 Å². The highest BCUT2D eigenvalue weighted by Crippen LogP contribution is 2.37. The quantitative estimate of drug-likeness (QED) is 0.250. The fraction of sp³-hybridized carbons (Fsp3) is 0.947. The second-order valence-electron chi connectivity index (χ2n) is 9.19. The maximum atomic E-state index is 12.4. The minimum atomic E-state index is -2.19. The molecule has 0 heterocycles. The summed E-state index contributed by atoms with van der Waals surface area (Å²) in [4.78, 5) is 18.1. The van der Waals surface area contributed by atoms with Gasteiger partial charge in [0.15, 0.2) is 0 Å². The number of carbonyl (C=O) groups is 1. The maximum Gasteiger partial charge on any atom is 0.459 e. The molecule has 6 heteroatoms. The molecule has 0 aliphatic heterocycles. The topological polar surface area (TPSA) is 48.0 Å². The Morgan fingerprint density at radius 3 is 1.92 bits per heavy atom. The first-order chi connectivity index (χ1) is 11.3. The predicted octanol–water partition coefficient (Wildman–Crippen LogP) is 6.45. The van der Waals surface area contributed by atoms with E-state index < -0.39 is 20.0 Å². The average Bonchev–Trinajstić information content (AvgIpc) is 2.41. The number of carbonyl (C=O) groups excluding carboxylic acids is 1. The van der Waals surface area contributed by atoms with Crippen molar-refractivity contribution in [2.45, 2.75) is 111 Å². The molecule has 0 fully saturated rings. The van der Waals surface area contributed by atoms with Crippen molar-refractivity contribution in [3.05, 3.63) is 0 Å². The molecule has 0 aromatic rings. The third kappa shape index (κ3) is 10.9. The fourth-order valence-electron chi connectivity index (χ4n) is 1.79. The van der Waals surface area contributed by atoms with Gasteiger partial charge in [0, 0.05) is 0 Å². The van der Waals surface area contributed by atoms with Crippen LogP contribution in [0.25, 0.3) is 0 Å². The van der Waals surface area contributed by atoms with Crippen LogP contribution >= 0.6 is 0 Å². The molecule has 0 saturated heterocycles. The maximum absolute atomic E-state index is 12.4. The van der Waals surface area contributed by atoms with Crippen molar-refractivity contribution in [1.29, 1.82) is 0 Å². The highest BCUT2D eigenvalue weighted by atomic mass is 28.4. The van der Waals surface area contributed by atoms with E-state index in [2.05, 4.69) is 40.8 Å². The lowest BCUT2D eigenvalue weighted by Gasteiger charge is -2.38. The van der Waals surface area contributed by atoms with Crippen molar-refractivity contribution >= 4 is 14.4 Å². The van der Waals surface area contributed by atoms with Crippen molar-refractivity contribution in [3.8, 4) is 0 Å². The summed E-state index contributed by atoms with van der Waals surface area (Å²) in [5.74, 6) is 0. The summed E-state index contributed by atoms with van der Waals surface area (Å²) in [6.07, 6.45) is 6.40. The van der Waals surface area contributed by atoms with Crippen LogP contribution in [0.5, 0.6) is 0 Å². The number of hydroxylamine groups is 2. The SMILES string of the molecule is CCCCCCCCON(O[Si](C)(C)C(C)(C)C)C(=O)OC(C)(C)C. The number of nitrogens with zero attached hydrogens (tertiary/aromatic N) is 1. The van der Waals surface area contributed by atoms with Gasteiger partial charge in [0.1, 0.15) is 5.60 Å². The van der Waals surface area contributed by atoms with Crippen LogP contribution in [0.3, 0.4) is 0 Å². The van der Waals surface area contributed by atoms with Crippen molar-refractivity contribution in [2.24, 2.45) is 0 Å². The van der Waals surface area contributed by atoms with Gasteiger partial charge in [0.25, 0.3) is 0 Å². The van der Waals surface area contributed by atoms with Gasteiger partial charge in [0.2, 0.25) is 8.32 Å². The fourth-order valence-corrected chi connectivity index (χ4v) is 2.61. The minimum absolute atomic E-state index is 0.0310. The molecule has 0 aliphatic carbocycles. The van der Waals surface area contributed by atoms with Crippen molar-refractivity contribution in [3.63, 3.8) is 0 Å². The monoisotopic (exact) mass is 375 g/mol. The van der Waals surface area contributed by atoms with E-state index in [-0.39, 0.29) is 5.04 Å². The van der Waals surface area contributed by atoms with Crippen molar-refractivity contribution in [1.82, 2.24) is 5.23 Å². The lowest BCUT2D eigenvalue weighted by atomic mass is 10.1. The number of rotatable bonds is 10. The zero-order valence-electron chi connectivity index (χ0n) is 18.0. The van der Waals surface area contributed by atoms with E-state index in [1.54, 1.807) is 0 Å². The summed E-state index contributed by atoms with van der Waals surface area (Å²) in [7, 11) is -2.19. The van der Waals surface area contributed by atoms with Gasteiger partial charge in [-0.25, -0.2) is 9.63 Å². The highest BCUT2D eigenvalue weighted by Gasteiger charge is 2.42. The number of unbranched alkanes of at least 4 members (excludes halogenated alkanes) is 5. The average molecular weight is 376 g/mol. The van der Waals surface area contributed by atoms with Gasteiger partial charge in [-0.05, 0) is 45.3 Å². The molecule has 0 aromatic heterocycles. The molecule has 0 N–H and O–H groups in total. The Morgan fingerprint density at radius 2 is 1.44 bits per heavy atom. The molecule has 25 heavy (non-hydrogen) atoms. The number of amides is 1. The number of hydrogen-bond donors (Lipinski definition) is 0. The van der Waals surface area contributed by atoms with E-state index >= 15 is 0 Å². The third-order valence-corrected chi connectivity index (χ3v) is 8.60. The molecule has 150 valence electrons. The van der Waals surface area contributed by atoms with Crippen LogP contribution in [0, 0.1) is 0 Å². The van der Waals surface area contributed by atoms with Gasteiger partial charge in [-0.2, -0.15) is 0 Å². The van der Waals surface area contributed by atoms with E-state index in [4.69, 9.17) is 14.1 Å². The van der Waals surface area contributed by atoms with Gasteiger partial charge in [-0.15, -0.1) is 0 Å². The lowest BCUT2D eigenvalue weighted by molar-refractivity contribution is -0.297. The highest BCUT2D eigenvalue weighted by molar-refractivity contribution is 6.74. The molecule has 0 radical (unpaired) electrons. The molecule has 0 saturated carbocycles. The van der Waals surface area contributed by atoms with Gasteiger partial charge in [-0.1, -0.05) is 65.0 Å². The van der Waals surface area contributed by atoms with Crippen LogP contribution in [0.2, 0.25) is 18.1 Å². The van der Waals surface area contributed by atoms with Crippen molar-refractivity contribution in [2.75, 3.05) is 6.61 Å². The Kier molecular flexibility index (Phi) is 10.3. The second-order valence-corrected chi connectivity index (χ2v) is 13.9. The summed E-state index contributed by atoms with van der Waals surface area (Å²) in [5, 5.41) is 0.964. The van der Waals surface area contributed by atoms with E-state index in [1.165, 1.54) is 25.7 Å². The summed E-state index contributed by atoms with van der Waals surface area (Å²) >= 11 is 0. The summed E-state index contributed by atoms with van der Waals surface area (Å²) in [6.45, 7) is 18.7. The standard InChI is InChI=1S/C19H41NO4Si/c1-10-11-12-13-14-15-16-22-20(17(21)23-18(2,3)4)24-25(8,9)19(5,6)7/h10-16H2,1-9H3. The first-order valence-corrected chi connectivity index (χ1v) is 12.6. The Balaban J connectivity index is 4.67. The van der Waals surface area contributed by atoms with Crippen LogP contribution in [0.1, 0.15) is 87.0 Å². The molecule has 0 rings (SSSR count). The summed E-state index contributed by atoms with van der Waals surface area (Å²) < 4.78 is 11.5. The zero-order chi connectivity index (χ0) is 19.7. The Bertz CT molecular complexity index is 386. The van der Waals surface area contributed by atoms with Crippen molar-refractivity contribution < 1.29 is 18.9 Å². The van der Waals surface area contributed by atoms with E-state index in [1.807, 2.05) is 20.8 Å². The molecule has 0 spiro atoms. The van der Waals surface area contributed by atoms with Gasteiger partial charge in [-0.3, -0.25) is 4.53 Å². The van der Waals surface area contributed by atoms with E-state index in [0.29, 0.717) is 6.61 Å². The Labute approximate surface area is 156 Å². The molecule has 0 atom stereocenters. The molecular weight excluding hydrogens is 334 g/mol. The third-order valence-electron chi connectivity index (χ3n) is 4.37. The molecule has 0 aliphatic rings. The summed E-state index contributed by atoms with van der Waals surface area (Å²) in [6, 6.07) is 0. The van der Waals surface area contributed by atoms with Crippen LogP contribution in [0.15, 0.2) is 0 Å². The first-order valence-electron chi connectivity index (χ1n) is 9.65. The molecule has 0 unspecified atom stereocenters. The Hall–Kier alpha value is -0.593. The summed E-state index contributed by atoms with van der Waals surface area (Å²) in [5.41, 5.74) is -0.588. The number of hydrogen-bond acceptors (Lipinski definition) is 4. The molecule has 0 bridgehead atoms. The predicted molar refractivity (Wildman–Crippen MR) is 106 cm³/mol. The molecular formula is C19H41NO4Si.